The number of pyridine rings is 1. The van der Waals surface area contributed by atoms with Gasteiger partial charge in [-0.25, -0.2) is 5.10 Å². The number of para-hydroxylation sites is 1. The van der Waals surface area contributed by atoms with E-state index >= 15 is 0 Å². The standard InChI is InChI=1S/C12H12N6/c13-11-16-12(18-17-11)15-7-9-4-1-3-8-5-2-6-14-10(8)9/h1-6H,7H2,(H4,13,15,16,17,18). The van der Waals surface area contributed by atoms with Crippen molar-refractivity contribution in [3.05, 3.63) is 42.1 Å². The normalized spacial score (nSPS) is 10.7. The fourth-order valence-electron chi connectivity index (χ4n) is 1.84. The quantitative estimate of drug-likeness (QED) is 0.646. The maximum absolute atomic E-state index is 5.46. The fraction of sp³-hybridized carbons (Fsp3) is 0.0833. The van der Waals surface area contributed by atoms with Crippen LogP contribution in [0.5, 0.6) is 0 Å². The van der Waals surface area contributed by atoms with Gasteiger partial charge in [-0.15, -0.1) is 5.10 Å². The number of nitrogens with one attached hydrogen (secondary N) is 2. The molecule has 2 aromatic heterocycles. The van der Waals surface area contributed by atoms with Crippen molar-refractivity contribution in [1.29, 1.82) is 0 Å². The van der Waals surface area contributed by atoms with Gasteiger partial charge in [0.05, 0.1) is 5.52 Å². The minimum absolute atomic E-state index is 0.300. The summed E-state index contributed by atoms with van der Waals surface area (Å²) in [6, 6.07) is 10.0. The third-order valence-corrected chi connectivity index (χ3v) is 2.66. The van der Waals surface area contributed by atoms with E-state index in [1.54, 1.807) is 6.20 Å². The highest BCUT2D eigenvalue weighted by atomic mass is 15.3. The van der Waals surface area contributed by atoms with E-state index in [1.165, 1.54) is 0 Å². The molecule has 3 aromatic rings. The minimum Gasteiger partial charge on any atom is -0.368 e. The maximum Gasteiger partial charge on any atom is 0.243 e. The third-order valence-electron chi connectivity index (χ3n) is 2.66. The van der Waals surface area contributed by atoms with Crippen LogP contribution in [0.25, 0.3) is 10.9 Å². The Morgan fingerprint density at radius 2 is 2.11 bits per heavy atom. The average molecular weight is 240 g/mol. The maximum atomic E-state index is 5.46. The molecule has 0 atom stereocenters. The zero-order valence-electron chi connectivity index (χ0n) is 9.59. The number of aromatic nitrogens is 4. The van der Waals surface area contributed by atoms with Gasteiger partial charge >= 0.3 is 0 Å². The number of H-pyrrole nitrogens is 1. The summed E-state index contributed by atoms with van der Waals surface area (Å²) in [5, 5.41) is 10.7. The highest BCUT2D eigenvalue weighted by Crippen LogP contribution is 2.16. The molecule has 2 heterocycles. The largest absolute Gasteiger partial charge is 0.368 e. The number of anilines is 2. The molecule has 0 fully saturated rings. The molecule has 0 aliphatic heterocycles. The molecular formula is C12H12N6. The Balaban J connectivity index is 1.86. The van der Waals surface area contributed by atoms with Crippen molar-refractivity contribution in [3.8, 4) is 0 Å². The molecule has 6 heteroatoms. The van der Waals surface area contributed by atoms with E-state index in [1.807, 2.05) is 30.3 Å². The number of benzene rings is 1. The number of nitrogen functional groups attached to an aromatic ring is 1. The Morgan fingerprint density at radius 1 is 1.22 bits per heavy atom. The number of nitrogens with two attached hydrogens (primary N) is 1. The van der Waals surface area contributed by atoms with E-state index in [2.05, 4.69) is 25.5 Å². The number of nitrogens with zero attached hydrogens (tertiary/aromatic N) is 3. The number of aromatic amines is 1. The number of hydrogen-bond donors (Lipinski definition) is 3. The van der Waals surface area contributed by atoms with E-state index in [0.717, 1.165) is 16.5 Å². The molecule has 0 radical (unpaired) electrons. The van der Waals surface area contributed by atoms with E-state index in [-0.39, 0.29) is 0 Å². The lowest BCUT2D eigenvalue weighted by molar-refractivity contribution is 1.05. The number of hydrogen-bond acceptors (Lipinski definition) is 5. The van der Waals surface area contributed by atoms with Gasteiger partial charge in [-0.3, -0.25) is 4.98 Å². The van der Waals surface area contributed by atoms with Gasteiger partial charge in [0.1, 0.15) is 0 Å². The SMILES string of the molecule is Nc1nc(NCc2cccc3cccnc23)n[nH]1. The van der Waals surface area contributed by atoms with Crippen LogP contribution in [0.15, 0.2) is 36.5 Å². The van der Waals surface area contributed by atoms with Crippen LogP contribution in [0.2, 0.25) is 0 Å². The second-order valence-electron chi connectivity index (χ2n) is 3.89. The van der Waals surface area contributed by atoms with Crippen molar-refractivity contribution in [2.24, 2.45) is 0 Å². The van der Waals surface area contributed by atoms with Crippen LogP contribution in [-0.2, 0) is 6.54 Å². The topological polar surface area (TPSA) is 92.5 Å². The lowest BCUT2D eigenvalue weighted by atomic mass is 10.1. The number of rotatable bonds is 3. The molecule has 1 aromatic carbocycles. The molecule has 0 unspecified atom stereocenters. The predicted molar refractivity (Wildman–Crippen MR) is 69.9 cm³/mol. The lowest BCUT2D eigenvalue weighted by Gasteiger charge is -2.05. The van der Waals surface area contributed by atoms with Crippen LogP contribution < -0.4 is 11.1 Å². The molecule has 0 saturated heterocycles. The first-order valence-corrected chi connectivity index (χ1v) is 5.57. The monoisotopic (exact) mass is 240 g/mol. The Hall–Kier alpha value is -2.63. The van der Waals surface area contributed by atoms with Crippen LogP contribution >= 0.6 is 0 Å². The van der Waals surface area contributed by atoms with E-state index in [4.69, 9.17) is 5.73 Å². The summed E-state index contributed by atoms with van der Waals surface area (Å²) in [6.07, 6.45) is 1.79. The smallest absolute Gasteiger partial charge is 0.243 e. The van der Waals surface area contributed by atoms with Gasteiger partial charge in [0.25, 0.3) is 0 Å². The third kappa shape index (κ3) is 1.95. The van der Waals surface area contributed by atoms with Crippen molar-refractivity contribution in [2.75, 3.05) is 11.1 Å². The first-order chi connectivity index (χ1) is 8.83. The Labute approximate surface area is 103 Å². The van der Waals surface area contributed by atoms with Crippen molar-refractivity contribution in [3.63, 3.8) is 0 Å². The van der Waals surface area contributed by atoms with Gasteiger partial charge in [0.15, 0.2) is 0 Å². The van der Waals surface area contributed by atoms with Crippen molar-refractivity contribution < 1.29 is 0 Å². The molecule has 0 saturated carbocycles. The van der Waals surface area contributed by atoms with Crippen molar-refractivity contribution in [1.82, 2.24) is 20.2 Å². The van der Waals surface area contributed by atoms with E-state index in [9.17, 15) is 0 Å². The predicted octanol–water partition coefficient (Wildman–Crippen LogP) is 1.55. The first-order valence-electron chi connectivity index (χ1n) is 5.57. The molecule has 4 N–H and O–H groups in total. The van der Waals surface area contributed by atoms with Gasteiger partial charge in [0, 0.05) is 18.1 Å². The summed E-state index contributed by atoms with van der Waals surface area (Å²) in [4.78, 5) is 8.37. The van der Waals surface area contributed by atoms with Crippen LogP contribution in [0.3, 0.4) is 0 Å². The molecule has 18 heavy (non-hydrogen) atoms. The van der Waals surface area contributed by atoms with Gasteiger partial charge in [0.2, 0.25) is 11.9 Å². The lowest BCUT2D eigenvalue weighted by Crippen LogP contribution is -2.02. The summed E-state index contributed by atoms with van der Waals surface area (Å²) in [5.41, 5.74) is 7.53. The van der Waals surface area contributed by atoms with Crippen LogP contribution in [0.4, 0.5) is 11.9 Å². The van der Waals surface area contributed by atoms with E-state index in [0.29, 0.717) is 18.4 Å². The van der Waals surface area contributed by atoms with Gasteiger partial charge in [-0.2, -0.15) is 4.98 Å². The van der Waals surface area contributed by atoms with Gasteiger partial charge in [-0.05, 0) is 11.6 Å². The molecular weight excluding hydrogens is 228 g/mol. The Kier molecular flexibility index (Phi) is 2.53. The Bertz CT molecular complexity index is 670. The summed E-state index contributed by atoms with van der Waals surface area (Å²) >= 11 is 0. The van der Waals surface area contributed by atoms with Crippen LogP contribution in [0, 0.1) is 0 Å². The second kappa shape index (κ2) is 4.33. The summed E-state index contributed by atoms with van der Waals surface area (Å²) in [6.45, 7) is 0.603. The van der Waals surface area contributed by atoms with Gasteiger partial charge in [-0.1, -0.05) is 24.3 Å². The summed E-state index contributed by atoms with van der Waals surface area (Å²) in [5.74, 6) is 0.786. The highest BCUT2D eigenvalue weighted by Gasteiger charge is 2.03. The molecule has 0 amide bonds. The van der Waals surface area contributed by atoms with Gasteiger partial charge < -0.3 is 11.1 Å². The Morgan fingerprint density at radius 3 is 2.94 bits per heavy atom. The highest BCUT2D eigenvalue weighted by molar-refractivity contribution is 5.81. The van der Waals surface area contributed by atoms with Crippen molar-refractivity contribution in [2.45, 2.75) is 6.54 Å². The fourth-order valence-corrected chi connectivity index (χ4v) is 1.84. The molecule has 3 rings (SSSR count). The van der Waals surface area contributed by atoms with Crippen LogP contribution in [-0.4, -0.2) is 20.2 Å². The van der Waals surface area contributed by atoms with E-state index < -0.39 is 0 Å². The average Bonchev–Trinajstić information content (AvgIpc) is 2.82. The molecule has 0 aliphatic rings. The zero-order valence-corrected chi connectivity index (χ0v) is 9.59. The molecule has 90 valence electrons. The molecule has 0 bridgehead atoms. The summed E-state index contributed by atoms with van der Waals surface area (Å²) < 4.78 is 0. The molecule has 0 spiro atoms. The number of fused-ring (bicyclic) bond motifs is 1. The minimum atomic E-state index is 0.300. The molecule has 0 aliphatic carbocycles. The first kappa shape index (κ1) is 10.5. The second-order valence-corrected chi connectivity index (χ2v) is 3.89. The molecule has 6 nitrogen and oxygen atoms in total. The summed E-state index contributed by atoms with van der Waals surface area (Å²) in [7, 11) is 0. The zero-order chi connectivity index (χ0) is 12.4. The van der Waals surface area contributed by atoms with Crippen LogP contribution in [0.1, 0.15) is 5.56 Å². The van der Waals surface area contributed by atoms with Crippen molar-refractivity contribution >= 4 is 22.8 Å².